The second-order valence-corrected chi connectivity index (χ2v) is 4.95. The van der Waals surface area contributed by atoms with Gasteiger partial charge in [0, 0.05) is 11.6 Å². The molecule has 2 aromatic carbocycles. The van der Waals surface area contributed by atoms with Gasteiger partial charge in [-0.2, -0.15) is 0 Å². The zero-order valence-corrected chi connectivity index (χ0v) is 12.0. The number of hydrogen-bond acceptors (Lipinski definition) is 2. The van der Waals surface area contributed by atoms with Gasteiger partial charge < -0.3 is 9.84 Å². The normalized spacial score (nSPS) is 10.5. The van der Waals surface area contributed by atoms with E-state index < -0.39 is 30.0 Å². The van der Waals surface area contributed by atoms with Gasteiger partial charge in [-0.15, -0.1) is 0 Å². The lowest BCUT2D eigenvalue weighted by molar-refractivity contribution is 0.0696. The molecule has 0 aliphatic carbocycles. The third-order valence-electron chi connectivity index (χ3n) is 2.63. The van der Waals surface area contributed by atoms with Gasteiger partial charge >= 0.3 is 5.97 Å². The van der Waals surface area contributed by atoms with Gasteiger partial charge in [-0.3, -0.25) is 0 Å². The maximum Gasteiger partial charge on any atom is 0.335 e. The van der Waals surface area contributed by atoms with Crippen molar-refractivity contribution in [3.8, 4) is 5.75 Å². The topological polar surface area (TPSA) is 46.5 Å². The van der Waals surface area contributed by atoms with Crippen molar-refractivity contribution in [1.82, 2.24) is 0 Å². The number of carbonyl (C=O) groups is 1. The molecule has 0 saturated carbocycles. The quantitative estimate of drug-likeness (QED) is 0.890. The van der Waals surface area contributed by atoms with Crippen molar-refractivity contribution < 1.29 is 27.8 Å². The van der Waals surface area contributed by atoms with Crippen LogP contribution in [0.4, 0.5) is 13.2 Å². The Morgan fingerprint density at radius 3 is 2.48 bits per heavy atom. The Morgan fingerprint density at radius 1 is 1.14 bits per heavy atom. The molecular weight excluding hydrogens is 353 g/mol. The summed E-state index contributed by atoms with van der Waals surface area (Å²) in [5, 5.41) is 8.83. The first kappa shape index (κ1) is 15.4. The highest BCUT2D eigenvalue weighted by molar-refractivity contribution is 9.10. The van der Waals surface area contributed by atoms with Gasteiger partial charge in [0.25, 0.3) is 0 Å². The molecule has 2 rings (SSSR count). The van der Waals surface area contributed by atoms with Crippen LogP contribution in [0.5, 0.6) is 5.75 Å². The van der Waals surface area contributed by atoms with Crippen LogP contribution in [0.3, 0.4) is 0 Å². The van der Waals surface area contributed by atoms with Gasteiger partial charge in [0.15, 0.2) is 11.6 Å². The van der Waals surface area contributed by atoms with Crippen LogP contribution in [0.1, 0.15) is 15.9 Å². The van der Waals surface area contributed by atoms with Crippen molar-refractivity contribution in [3.63, 3.8) is 0 Å². The average Bonchev–Trinajstić information content (AvgIpc) is 2.39. The summed E-state index contributed by atoms with van der Waals surface area (Å²) in [5.41, 5.74) is -0.167. The molecule has 0 amide bonds. The summed E-state index contributed by atoms with van der Waals surface area (Å²) in [6.07, 6.45) is 0. The molecule has 0 heterocycles. The highest BCUT2D eigenvalue weighted by Crippen LogP contribution is 2.30. The van der Waals surface area contributed by atoms with Crippen LogP contribution >= 0.6 is 15.9 Å². The van der Waals surface area contributed by atoms with Crippen molar-refractivity contribution in [1.29, 1.82) is 0 Å². The molecule has 0 fully saturated rings. The summed E-state index contributed by atoms with van der Waals surface area (Å²) in [7, 11) is 0. The monoisotopic (exact) mass is 360 g/mol. The van der Waals surface area contributed by atoms with E-state index in [0.717, 1.165) is 24.3 Å². The Kier molecular flexibility index (Phi) is 4.52. The van der Waals surface area contributed by atoms with Crippen molar-refractivity contribution in [2.45, 2.75) is 6.61 Å². The summed E-state index contributed by atoms with van der Waals surface area (Å²) >= 11 is 2.93. The summed E-state index contributed by atoms with van der Waals surface area (Å²) in [4.78, 5) is 10.8. The number of carboxylic acid groups (broad SMARTS) is 1. The number of ether oxygens (including phenoxy) is 1. The molecule has 1 N–H and O–H groups in total. The zero-order chi connectivity index (χ0) is 15.6. The van der Waals surface area contributed by atoms with E-state index in [1.54, 1.807) is 0 Å². The van der Waals surface area contributed by atoms with Crippen molar-refractivity contribution in [3.05, 3.63) is 63.4 Å². The molecule has 21 heavy (non-hydrogen) atoms. The minimum Gasteiger partial charge on any atom is -0.485 e. The van der Waals surface area contributed by atoms with Crippen LogP contribution in [0.2, 0.25) is 0 Å². The molecule has 110 valence electrons. The molecule has 0 bridgehead atoms. The predicted molar refractivity (Wildman–Crippen MR) is 71.7 cm³/mol. The molecular formula is C14H8BrF3O3. The molecule has 0 aliphatic heterocycles. The second kappa shape index (κ2) is 6.17. The minimum atomic E-state index is -1.22. The first-order valence-corrected chi connectivity index (χ1v) is 6.47. The van der Waals surface area contributed by atoms with Crippen LogP contribution in [-0.4, -0.2) is 11.1 Å². The summed E-state index contributed by atoms with van der Waals surface area (Å²) < 4.78 is 45.2. The maximum atomic E-state index is 13.6. The Balaban J connectivity index is 2.24. The first-order valence-electron chi connectivity index (χ1n) is 5.67. The van der Waals surface area contributed by atoms with E-state index in [1.807, 2.05) is 0 Å². The first-order chi connectivity index (χ1) is 9.88. The van der Waals surface area contributed by atoms with Crippen LogP contribution in [-0.2, 0) is 6.61 Å². The number of hydrogen-bond donors (Lipinski definition) is 1. The number of halogens is 4. The number of benzene rings is 2. The standard InChI is InChI=1S/C14H8BrF3O3/c15-10-4-9(16)5-12(18)13(10)21-6-8-3-7(14(19)20)1-2-11(8)17/h1-5H,6H2,(H,19,20). The predicted octanol–water partition coefficient (Wildman–Crippen LogP) is 4.14. The number of aromatic carboxylic acids is 1. The maximum absolute atomic E-state index is 13.6. The third-order valence-corrected chi connectivity index (χ3v) is 3.22. The van der Waals surface area contributed by atoms with Crippen LogP contribution in [0.15, 0.2) is 34.8 Å². The lowest BCUT2D eigenvalue weighted by Crippen LogP contribution is -2.04. The third kappa shape index (κ3) is 3.55. The zero-order valence-electron chi connectivity index (χ0n) is 10.4. The lowest BCUT2D eigenvalue weighted by atomic mass is 10.1. The average molecular weight is 361 g/mol. The van der Waals surface area contributed by atoms with E-state index in [0.29, 0.717) is 6.07 Å². The highest BCUT2D eigenvalue weighted by Gasteiger charge is 2.13. The number of rotatable bonds is 4. The highest BCUT2D eigenvalue weighted by atomic mass is 79.9. The van der Waals surface area contributed by atoms with Gasteiger partial charge in [0.1, 0.15) is 18.2 Å². The van der Waals surface area contributed by atoms with Crippen LogP contribution in [0, 0.1) is 17.5 Å². The lowest BCUT2D eigenvalue weighted by Gasteiger charge is -2.10. The largest absolute Gasteiger partial charge is 0.485 e. The van der Waals surface area contributed by atoms with Gasteiger partial charge in [0.2, 0.25) is 0 Å². The number of carboxylic acids is 1. The van der Waals surface area contributed by atoms with Crippen LogP contribution in [0.25, 0.3) is 0 Å². The fourth-order valence-corrected chi connectivity index (χ4v) is 2.16. The second-order valence-electron chi connectivity index (χ2n) is 4.10. The molecule has 0 aromatic heterocycles. The van der Waals surface area contributed by atoms with Gasteiger partial charge in [-0.25, -0.2) is 18.0 Å². The molecule has 2 aromatic rings. The Bertz CT molecular complexity index is 681. The van der Waals surface area contributed by atoms with E-state index in [1.165, 1.54) is 0 Å². The van der Waals surface area contributed by atoms with E-state index in [4.69, 9.17) is 9.84 Å². The summed E-state index contributed by atoms with van der Waals surface area (Å²) in [6.45, 7) is -0.395. The minimum absolute atomic E-state index is 0.0368. The smallest absolute Gasteiger partial charge is 0.335 e. The fraction of sp³-hybridized carbons (Fsp3) is 0.0714. The fourth-order valence-electron chi connectivity index (χ4n) is 1.64. The van der Waals surface area contributed by atoms with E-state index >= 15 is 0 Å². The molecule has 0 aliphatic rings. The van der Waals surface area contributed by atoms with Crippen molar-refractivity contribution in [2.24, 2.45) is 0 Å². The Morgan fingerprint density at radius 2 is 1.86 bits per heavy atom. The van der Waals surface area contributed by atoms with Crippen LogP contribution < -0.4 is 4.74 Å². The summed E-state index contributed by atoms with van der Waals surface area (Å²) in [6, 6.07) is 4.81. The molecule has 3 nitrogen and oxygen atoms in total. The summed E-state index contributed by atoms with van der Waals surface area (Å²) in [5.74, 6) is -3.91. The molecule has 7 heteroatoms. The SMILES string of the molecule is O=C(O)c1ccc(F)c(COc2c(F)cc(F)cc2Br)c1. The van der Waals surface area contributed by atoms with Gasteiger partial charge in [-0.05, 0) is 40.2 Å². The van der Waals surface area contributed by atoms with Gasteiger partial charge in [-0.1, -0.05) is 0 Å². The molecule has 0 unspecified atom stereocenters. The molecule has 0 radical (unpaired) electrons. The molecule has 0 atom stereocenters. The van der Waals surface area contributed by atoms with Crippen molar-refractivity contribution in [2.75, 3.05) is 0 Å². The van der Waals surface area contributed by atoms with E-state index in [9.17, 15) is 18.0 Å². The van der Waals surface area contributed by atoms with Gasteiger partial charge in [0.05, 0.1) is 10.0 Å². The molecule has 0 saturated heterocycles. The molecule has 0 spiro atoms. The Labute approximate surface area is 126 Å². The Hall–Kier alpha value is -2.02. The van der Waals surface area contributed by atoms with Crippen molar-refractivity contribution >= 4 is 21.9 Å². The van der Waals surface area contributed by atoms with E-state index in [2.05, 4.69) is 15.9 Å². The van der Waals surface area contributed by atoms with E-state index in [-0.39, 0.29) is 21.3 Å².